The maximum Gasteiger partial charge on any atom is 0.239 e. The standard InChI is InChI=1S/C10H21N3O2/c1-3-12-10(15)7-13-9(14)5-4-8(2)6-11/h8H,3-7,11H2,1-2H3,(H,12,15)(H,13,14). The second-order valence-corrected chi connectivity index (χ2v) is 3.61. The van der Waals surface area contributed by atoms with E-state index in [4.69, 9.17) is 5.73 Å². The van der Waals surface area contributed by atoms with Crippen molar-refractivity contribution >= 4 is 11.8 Å². The molecule has 0 saturated carbocycles. The average Bonchev–Trinajstić information content (AvgIpc) is 2.23. The summed E-state index contributed by atoms with van der Waals surface area (Å²) in [5.74, 6) is 0.0968. The molecule has 88 valence electrons. The first kappa shape index (κ1) is 13.9. The summed E-state index contributed by atoms with van der Waals surface area (Å²) in [5, 5.41) is 5.16. The van der Waals surface area contributed by atoms with E-state index in [1.165, 1.54) is 0 Å². The van der Waals surface area contributed by atoms with Crippen LogP contribution in [-0.2, 0) is 9.59 Å². The first-order valence-corrected chi connectivity index (χ1v) is 5.33. The minimum atomic E-state index is -0.155. The van der Waals surface area contributed by atoms with Gasteiger partial charge < -0.3 is 16.4 Å². The SMILES string of the molecule is CCNC(=O)CNC(=O)CCC(C)CN. The molecule has 0 spiro atoms. The van der Waals surface area contributed by atoms with E-state index in [-0.39, 0.29) is 18.4 Å². The molecule has 1 atom stereocenters. The maximum atomic E-state index is 11.2. The van der Waals surface area contributed by atoms with Crippen LogP contribution in [0.15, 0.2) is 0 Å². The fourth-order valence-corrected chi connectivity index (χ4v) is 1.02. The third-order valence-corrected chi connectivity index (χ3v) is 2.09. The summed E-state index contributed by atoms with van der Waals surface area (Å²) in [4.78, 5) is 22.2. The Labute approximate surface area is 90.8 Å². The number of carbonyl (C=O) groups is 2. The zero-order valence-electron chi connectivity index (χ0n) is 9.51. The largest absolute Gasteiger partial charge is 0.355 e. The summed E-state index contributed by atoms with van der Waals surface area (Å²) in [6.07, 6.45) is 1.19. The third-order valence-electron chi connectivity index (χ3n) is 2.09. The average molecular weight is 215 g/mol. The lowest BCUT2D eigenvalue weighted by molar-refractivity contribution is -0.126. The molecule has 1 unspecified atom stereocenters. The van der Waals surface area contributed by atoms with Crippen LogP contribution in [-0.4, -0.2) is 31.4 Å². The highest BCUT2D eigenvalue weighted by atomic mass is 16.2. The molecule has 15 heavy (non-hydrogen) atoms. The van der Waals surface area contributed by atoms with Gasteiger partial charge in [-0.2, -0.15) is 0 Å². The maximum absolute atomic E-state index is 11.2. The summed E-state index contributed by atoms with van der Waals surface area (Å²) in [7, 11) is 0. The van der Waals surface area contributed by atoms with Gasteiger partial charge in [0.1, 0.15) is 0 Å². The summed E-state index contributed by atoms with van der Waals surface area (Å²) < 4.78 is 0. The van der Waals surface area contributed by atoms with Crippen LogP contribution in [0, 0.1) is 5.92 Å². The van der Waals surface area contributed by atoms with Crippen molar-refractivity contribution in [3.63, 3.8) is 0 Å². The number of nitrogens with one attached hydrogen (secondary N) is 2. The van der Waals surface area contributed by atoms with Gasteiger partial charge in [0, 0.05) is 13.0 Å². The first-order valence-electron chi connectivity index (χ1n) is 5.33. The van der Waals surface area contributed by atoms with Crippen molar-refractivity contribution in [1.29, 1.82) is 0 Å². The van der Waals surface area contributed by atoms with E-state index in [9.17, 15) is 9.59 Å². The van der Waals surface area contributed by atoms with Gasteiger partial charge in [-0.3, -0.25) is 9.59 Å². The molecule has 0 aliphatic carbocycles. The second-order valence-electron chi connectivity index (χ2n) is 3.61. The lowest BCUT2D eigenvalue weighted by atomic mass is 10.1. The van der Waals surface area contributed by atoms with E-state index in [0.717, 1.165) is 6.42 Å². The Morgan fingerprint density at radius 3 is 2.47 bits per heavy atom. The molecule has 0 aliphatic heterocycles. The number of nitrogens with two attached hydrogens (primary N) is 1. The molecule has 0 bridgehead atoms. The van der Waals surface area contributed by atoms with Crippen LogP contribution in [0.2, 0.25) is 0 Å². The molecule has 2 amide bonds. The molecule has 0 aromatic carbocycles. The smallest absolute Gasteiger partial charge is 0.239 e. The Morgan fingerprint density at radius 2 is 1.93 bits per heavy atom. The number of hydrogen-bond donors (Lipinski definition) is 3. The van der Waals surface area contributed by atoms with Crippen LogP contribution < -0.4 is 16.4 Å². The summed E-state index contributed by atoms with van der Waals surface area (Å²) in [5.41, 5.74) is 5.42. The first-order chi connectivity index (χ1) is 7.10. The Balaban J connectivity index is 3.53. The molecule has 0 fully saturated rings. The quantitative estimate of drug-likeness (QED) is 0.541. The molecule has 0 radical (unpaired) electrons. The molecule has 5 nitrogen and oxygen atoms in total. The lowest BCUT2D eigenvalue weighted by Crippen LogP contribution is -2.36. The Kier molecular flexibility index (Phi) is 7.62. The van der Waals surface area contributed by atoms with Crippen molar-refractivity contribution in [2.24, 2.45) is 11.7 Å². The molecule has 0 rings (SSSR count). The van der Waals surface area contributed by atoms with Gasteiger partial charge in [0.2, 0.25) is 11.8 Å². The van der Waals surface area contributed by atoms with Crippen LogP contribution in [0.1, 0.15) is 26.7 Å². The van der Waals surface area contributed by atoms with Gasteiger partial charge in [0.05, 0.1) is 6.54 Å². The molecule has 0 saturated heterocycles. The predicted molar refractivity (Wildman–Crippen MR) is 59.1 cm³/mol. The van der Waals surface area contributed by atoms with Crippen molar-refractivity contribution in [3.05, 3.63) is 0 Å². The minimum Gasteiger partial charge on any atom is -0.355 e. The monoisotopic (exact) mass is 215 g/mol. The minimum absolute atomic E-state index is 0.0592. The highest BCUT2D eigenvalue weighted by Crippen LogP contribution is 2.02. The van der Waals surface area contributed by atoms with E-state index in [2.05, 4.69) is 10.6 Å². The topological polar surface area (TPSA) is 84.2 Å². The highest BCUT2D eigenvalue weighted by molar-refractivity contribution is 5.84. The predicted octanol–water partition coefficient (Wildman–Crippen LogP) is -0.386. The van der Waals surface area contributed by atoms with Gasteiger partial charge in [-0.05, 0) is 25.8 Å². The number of rotatable bonds is 7. The fraction of sp³-hybridized carbons (Fsp3) is 0.800. The molecule has 5 heteroatoms. The van der Waals surface area contributed by atoms with Crippen molar-refractivity contribution in [2.45, 2.75) is 26.7 Å². The number of hydrogen-bond acceptors (Lipinski definition) is 3. The molecular weight excluding hydrogens is 194 g/mol. The molecule has 0 aliphatic rings. The van der Waals surface area contributed by atoms with Crippen molar-refractivity contribution in [2.75, 3.05) is 19.6 Å². The van der Waals surface area contributed by atoms with Crippen LogP contribution >= 0.6 is 0 Å². The molecule has 0 aromatic rings. The number of likely N-dealkylation sites (N-methyl/N-ethyl adjacent to an activating group) is 1. The fourth-order valence-electron chi connectivity index (χ4n) is 1.02. The molecule has 0 heterocycles. The van der Waals surface area contributed by atoms with Gasteiger partial charge in [0.25, 0.3) is 0 Å². The summed E-state index contributed by atoms with van der Waals surface area (Å²) >= 11 is 0. The van der Waals surface area contributed by atoms with Crippen molar-refractivity contribution in [3.8, 4) is 0 Å². The number of amides is 2. The lowest BCUT2D eigenvalue weighted by Gasteiger charge is -2.08. The summed E-state index contributed by atoms with van der Waals surface area (Å²) in [6, 6.07) is 0. The van der Waals surface area contributed by atoms with E-state index in [0.29, 0.717) is 25.4 Å². The van der Waals surface area contributed by atoms with Crippen LogP contribution in [0.4, 0.5) is 0 Å². The van der Waals surface area contributed by atoms with Gasteiger partial charge in [-0.1, -0.05) is 6.92 Å². The van der Waals surface area contributed by atoms with E-state index in [1.807, 2.05) is 13.8 Å². The van der Waals surface area contributed by atoms with Crippen LogP contribution in [0.3, 0.4) is 0 Å². The zero-order chi connectivity index (χ0) is 11.7. The van der Waals surface area contributed by atoms with E-state index in [1.54, 1.807) is 0 Å². The van der Waals surface area contributed by atoms with Crippen LogP contribution in [0.25, 0.3) is 0 Å². The highest BCUT2D eigenvalue weighted by Gasteiger charge is 2.06. The van der Waals surface area contributed by atoms with E-state index < -0.39 is 0 Å². The van der Waals surface area contributed by atoms with Crippen LogP contribution in [0.5, 0.6) is 0 Å². The van der Waals surface area contributed by atoms with E-state index >= 15 is 0 Å². The van der Waals surface area contributed by atoms with Gasteiger partial charge in [0.15, 0.2) is 0 Å². The van der Waals surface area contributed by atoms with Crippen molar-refractivity contribution < 1.29 is 9.59 Å². The third kappa shape index (κ3) is 7.93. The number of carbonyl (C=O) groups excluding carboxylic acids is 2. The van der Waals surface area contributed by atoms with Gasteiger partial charge in [-0.15, -0.1) is 0 Å². The molecule has 0 aromatic heterocycles. The Hall–Kier alpha value is -1.10. The van der Waals surface area contributed by atoms with Crippen molar-refractivity contribution in [1.82, 2.24) is 10.6 Å². The summed E-state index contributed by atoms with van der Waals surface area (Å²) in [6.45, 7) is 5.06. The molecule has 4 N–H and O–H groups in total. The Bertz CT molecular complexity index is 207. The Morgan fingerprint density at radius 1 is 1.27 bits per heavy atom. The van der Waals surface area contributed by atoms with Gasteiger partial charge >= 0.3 is 0 Å². The second kappa shape index (κ2) is 8.23. The molecular formula is C10H21N3O2. The normalized spacial score (nSPS) is 11.9. The zero-order valence-corrected chi connectivity index (χ0v) is 9.51. The van der Waals surface area contributed by atoms with Gasteiger partial charge in [-0.25, -0.2) is 0 Å².